The number of benzene rings is 1. The first-order valence-electron chi connectivity index (χ1n) is 10.4. The minimum absolute atomic E-state index is 0.210. The fraction of sp³-hybridized carbons (Fsp3) is 0.409. The molecule has 0 bridgehead atoms. The summed E-state index contributed by atoms with van der Waals surface area (Å²) in [5, 5.41) is 0.210. The number of rotatable bonds is 4. The molecular weight excluding hydrogens is 396 g/mol. The van der Waals surface area contributed by atoms with Crippen molar-refractivity contribution in [2.24, 2.45) is 7.05 Å². The van der Waals surface area contributed by atoms with Crippen molar-refractivity contribution in [3.8, 4) is 11.4 Å². The van der Waals surface area contributed by atoms with Gasteiger partial charge in [0.1, 0.15) is 11.9 Å². The lowest BCUT2D eigenvalue weighted by molar-refractivity contribution is -0.133. The van der Waals surface area contributed by atoms with E-state index in [0.29, 0.717) is 18.9 Å². The SMILES string of the molecule is CCN1CCN(C(=O)Cn2c(=O)c3cnc(-c4ccc(C)cc4)nc3n(C)c2=O)CC1. The van der Waals surface area contributed by atoms with Crippen molar-refractivity contribution < 1.29 is 4.79 Å². The average molecular weight is 422 g/mol. The Morgan fingerprint density at radius 3 is 2.39 bits per heavy atom. The summed E-state index contributed by atoms with van der Waals surface area (Å²) in [7, 11) is 1.55. The molecule has 1 aliphatic rings. The highest BCUT2D eigenvalue weighted by Gasteiger charge is 2.22. The number of carbonyl (C=O) groups excluding carboxylic acids is 1. The van der Waals surface area contributed by atoms with Crippen molar-refractivity contribution in [1.29, 1.82) is 0 Å². The van der Waals surface area contributed by atoms with E-state index in [0.717, 1.165) is 35.3 Å². The van der Waals surface area contributed by atoms with Gasteiger partial charge in [-0.05, 0) is 13.5 Å². The van der Waals surface area contributed by atoms with Crippen molar-refractivity contribution in [1.82, 2.24) is 28.9 Å². The van der Waals surface area contributed by atoms with Gasteiger partial charge in [0.15, 0.2) is 11.5 Å². The first-order chi connectivity index (χ1) is 14.9. The molecule has 2 aromatic heterocycles. The summed E-state index contributed by atoms with van der Waals surface area (Å²) in [5.41, 5.74) is 1.05. The highest BCUT2D eigenvalue weighted by atomic mass is 16.2. The smallest absolute Gasteiger partial charge is 0.332 e. The van der Waals surface area contributed by atoms with Crippen LogP contribution in [0.25, 0.3) is 22.4 Å². The molecule has 0 unspecified atom stereocenters. The summed E-state index contributed by atoms with van der Waals surface area (Å²) < 4.78 is 2.28. The Bertz CT molecular complexity index is 1240. The first kappa shape index (κ1) is 20.9. The van der Waals surface area contributed by atoms with Crippen molar-refractivity contribution in [3.63, 3.8) is 0 Å². The van der Waals surface area contributed by atoms with Crippen molar-refractivity contribution in [2.75, 3.05) is 32.7 Å². The molecule has 9 heteroatoms. The number of likely N-dealkylation sites (N-methyl/N-ethyl adjacent to an activating group) is 1. The van der Waals surface area contributed by atoms with E-state index in [1.54, 1.807) is 11.9 Å². The lowest BCUT2D eigenvalue weighted by Crippen LogP contribution is -2.51. The van der Waals surface area contributed by atoms with Gasteiger partial charge in [-0.1, -0.05) is 36.8 Å². The van der Waals surface area contributed by atoms with Gasteiger partial charge in [-0.3, -0.25) is 18.7 Å². The van der Waals surface area contributed by atoms with E-state index in [9.17, 15) is 14.4 Å². The lowest BCUT2D eigenvalue weighted by atomic mass is 10.1. The number of aromatic nitrogens is 4. The van der Waals surface area contributed by atoms with E-state index < -0.39 is 11.2 Å². The molecule has 31 heavy (non-hydrogen) atoms. The van der Waals surface area contributed by atoms with Crippen LogP contribution < -0.4 is 11.2 Å². The molecule has 0 spiro atoms. The van der Waals surface area contributed by atoms with Gasteiger partial charge in [-0.2, -0.15) is 0 Å². The van der Waals surface area contributed by atoms with Crippen molar-refractivity contribution in [3.05, 3.63) is 56.9 Å². The molecule has 1 amide bonds. The van der Waals surface area contributed by atoms with Gasteiger partial charge < -0.3 is 9.80 Å². The zero-order valence-corrected chi connectivity index (χ0v) is 18.0. The third-order valence-corrected chi connectivity index (χ3v) is 5.86. The summed E-state index contributed by atoms with van der Waals surface area (Å²) >= 11 is 0. The van der Waals surface area contributed by atoms with E-state index in [1.165, 1.54) is 10.8 Å². The molecular formula is C22H26N6O3. The molecule has 3 heterocycles. The predicted octanol–water partition coefficient (Wildman–Crippen LogP) is 0.630. The summed E-state index contributed by atoms with van der Waals surface area (Å²) in [4.78, 5) is 51.4. The van der Waals surface area contributed by atoms with Crippen LogP contribution in [0.5, 0.6) is 0 Å². The fourth-order valence-corrected chi connectivity index (χ4v) is 3.81. The van der Waals surface area contributed by atoms with Crippen LogP contribution in [0, 0.1) is 6.92 Å². The van der Waals surface area contributed by atoms with Crippen LogP contribution in [-0.2, 0) is 18.4 Å². The molecule has 162 valence electrons. The average Bonchev–Trinajstić information content (AvgIpc) is 2.80. The standard InChI is InChI=1S/C22H26N6O3/c1-4-26-9-11-27(12-10-26)18(29)14-28-21(30)17-13-23-19(16-7-5-15(2)6-8-16)24-20(17)25(3)22(28)31/h5-8,13H,4,9-12,14H2,1-3H3. The van der Waals surface area contributed by atoms with Gasteiger partial charge in [-0.15, -0.1) is 0 Å². The topological polar surface area (TPSA) is 93.3 Å². The summed E-state index contributed by atoms with van der Waals surface area (Å²) in [6.45, 7) is 7.51. The van der Waals surface area contributed by atoms with E-state index in [-0.39, 0.29) is 23.5 Å². The number of aryl methyl sites for hydroxylation is 2. The third-order valence-electron chi connectivity index (χ3n) is 5.86. The second-order valence-corrected chi connectivity index (χ2v) is 7.84. The molecule has 0 atom stereocenters. The van der Waals surface area contributed by atoms with Crippen LogP contribution in [0.1, 0.15) is 12.5 Å². The van der Waals surface area contributed by atoms with Crippen LogP contribution in [0.4, 0.5) is 0 Å². The summed E-state index contributed by atoms with van der Waals surface area (Å²) in [5.74, 6) is 0.205. The molecule has 0 radical (unpaired) electrons. The van der Waals surface area contributed by atoms with E-state index >= 15 is 0 Å². The van der Waals surface area contributed by atoms with E-state index in [1.807, 2.05) is 31.2 Å². The van der Waals surface area contributed by atoms with Crippen LogP contribution in [-0.4, -0.2) is 67.5 Å². The fourth-order valence-electron chi connectivity index (χ4n) is 3.81. The quantitative estimate of drug-likeness (QED) is 0.612. The minimum Gasteiger partial charge on any atom is -0.339 e. The van der Waals surface area contributed by atoms with E-state index in [4.69, 9.17) is 0 Å². The van der Waals surface area contributed by atoms with Crippen LogP contribution >= 0.6 is 0 Å². The third kappa shape index (κ3) is 4.00. The number of hydrogen-bond donors (Lipinski definition) is 0. The molecule has 3 aromatic rings. The second kappa shape index (κ2) is 8.43. The number of piperazine rings is 1. The number of amides is 1. The van der Waals surface area contributed by atoms with Gasteiger partial charge >= 0.3 is 5.69 Å². The highest BCUT2D eigenvalue weighted by molar-refractivity contribution is 5.78. The highest BCUT2D eigenvalue weighted by Crippen LogP contribution is 2.17. The van der Waals surface area contributed by atoms with Crippen LogP contribution in [0.15, 0.2) is 40.1 Å². The maximum Gasteiger partial charge on any atom is 0.332 e. The zero-order valence-electron chi connectivity index (χ0n) is 18.0. The number of fused-ring (bicyclic) bond motifs is 1. The van der Waals surface area contributed by atoms with E-state index in [2.05, 4.69) is 21.8 Å². The minimum atomic E-state index is -0.563. The Labute approximate surface area is 179 Å². The maximum absolute atomic E-state index is 13.0. The molecule has 1 saturated heterocycles. The number of carbonyl (C=O) groups is 1. The Kier molecular flexibility index (Phi) is 5.69. The maximum atomic E-state index is 13.0. The monoisotopic (exact) mass is 422 g/mol. The van der Waals surface area contributed by atoms with Gasteiger partial charge in [0, 0.05) is 45.0 Å². The largest absolute Gasteiger partial charge is 0.339 e. The molecule has 9 nitrogen and oxygen atoms in total. The molecule has 0 aliphatic carbocycles. The predicted molar refractivity (Wildman–Crippen MR) is 118 cm³/mol. The van der Waals surface area contributed by atoms with Gasteiger partial charge in [0.2, 0.25) is 5.91 Å². The molecule has 0 N–H and O–H groups in total. The van der Waals surface area contributed by atoms with Gasteiger partial charge in [-0.25, -0.2) is 14.8 Å². The lowest BCUT2D eigenvalue weighted by Gasteiger charge is -2.34. The van der Waals surface area contributed by atoms with Gasteiger partial charge in [0.25, 0.3) is 5.56 Å². The summed E-state index contributed by atoms with van der Waals surface area (Å²) in [6, 6.07) is 7.69. The number of nitrogens with zero attached hydrogens (tertiary/aromatic N) is 6. The molecule has 1 fully saturated rings. The van der Waals surface area contributed by atoms with Crippen molar-refractivity contribution >= 4 is 16.9 Å². The molecule has 1 aliphatic heterocycles. The molecule has 4 rings (SSSR count). The first-order valence-corrected chi connectivity index (χ1v) is 10.4. The Morgan fingerprint density at radius 1 is 1.06 bits per heavy atom. The second-order valence-electron chi connectivity index (χ2n) is 7.84. The van der Waals surface area contributed by atoms with Crippen LogP contribution in [0.3, 0.4) is 0 Å². The van der Waals surface area contributed by atoms with Crippen LogP contribution in [0.2, 0.25) is 0 Å². The Hall–Kier alpha value is -3.33. The summed E-state index contributed by atoms with van der Waals surface area (Å²) in [6.07, 6.45) is 1.43. The molecule has 1 aromatic carbocycles. The Morgan fingerprint density at radius 2 is 1.74 bits per heavy atom. The zero-order chi connectivity index (χ0) is 22.1. The Balaban J connectivity index is 1.67. The van der Waals surface area contributed by atoms with Gasteiger partial charge in [0.05, 0.1) is 0 Å². The van der Waals surface area contributed by atoms with Crippen molar-refractivity contribution in [2.45, 2.75) is 20.4 Å². The normalized spacial score (nSPS) is 14.9. The molecule has 0 saturated carbocycles. The number of hydrogen-bond acceptors (Lipinski definition) is 6.